The van der Waals surface area contributed by atoms with E-state index in [9.17, 15) is 5.11 Å². The van der Waals surface area contributed by atoms with E-state index in [0.29, 0.717) is 13.2 Å². The molecule has 18 heavy (non-hydrogen) atoms. The van der Waals surface area contributed by atoms with Gasteiger partial charge in [0.2, 0.25) is 0 Å². The molecule has 0 saturated heterocycles. The van der Waals surface area contributed by atoms with Crippen LogP contribution < -0.4 is 16.5 Å². The Morgan fingerprint density at radius 3 is 2.33 bits per heavy atom. The zero-order valence-electron chi connectivity index (χ0n) is 11.9. The van der Waals surface area contributed by atoms with Gasteiger partial charge < -0.3 is 20.8 Å². The van der Waals surface area contributed by atoms with Gasteiger partial charge >= 0.3 is 7.48 Å². The third-order valence-electron chi connectivity index (χ3n) is 3.46. The Labute approximate surface area is 110 Å². The van der Waals surface area contributed by atoms with Crippen molar-refractivity contribution in [3.8, 4) is 0 Å². The average Bonchev–Trinajstić information content (AvgIpc) is 2.25. The van der Waals surface area contributed by atoms with Crippen LogP contribution in [-0.2, 0) is 4.65 Å². The van der Waals surface area contributed by atoms with E-state index >= 15 is 0 Å². The molecule has 0 bridgehead atoms. The standard InChI is InChI=1S/C13H23BN2O2/c1-12(2,17)13(3,4)18-14-9-6-7-11(16-5)10(15)8-9/h6-8,14,16-17H,15H2,1-5H3. The summed E-state index contributed by atoms with van der Waals surface area (Å²) in [6.07, 6.45) is 0. The highest BCUT2D eigenvalue weighted by atomic mass is 16.5. The lowest BCUT2D eigenvalue weighted by Crippen LogP contribution is -2.49. The number of hydrogen-bond donors (Lipinski definition) is 3. The van der Waals surface area contributed by atoms with Crippen molar-refractivity contribution >= 4 is 24.3 Å². The smallest absolute Gasteiger partial charge is 0.309 e. The molecule has 0 radical (unpaired) electrons. The summed E-state index contributed by atoms with van der Waals surface area (Å²) >= 11 is 0. The van der Waals surface area contributed by atoms with Crippen LogP contribution in [0.15, 0.2) is 18.2 Å². The van der Waals surface area contributed by atoms with Gasteiger partial charge in [0.05, 0.1) is 22.6 Å². The maximum absolute atomic E-state index is 10.0. The molecule has 0 fully saturated rings. The highest BCUT2D eigenvalue weighted by molar-refractivity contribution is 6.47. The highest BCUT2D eigenvalue weighted by Gasteiger charge is 2.35. The van der Waals surface area contributed by atoms with Crippen molar-refractivity contribution in [3.05, 3.63) is 18.2 Å². The van der Waals surface area contributed by atoms with E-state index in [1.807, 2.05) is 39.1 Å². The van der Waals surface area contributed by atoms with Crippen LogP contribution in [0.5, 0.6) is 0 Å². The van der Waals surface area contributed by atoms with Crippen LogP contribution in [0.2, 0.25) is 0 Å². The van der Waals surface area contributed by atoms with Crippen LogP contribution >= 0.6 is 0 Å². The van der Waals surface area contributed by atoms with Gasteiger partial charge in [-0.3, -0.25) is 0 Å². The van der Waals surface area contributed by atoms with Crippen molar-refractivity contribution in [2.45, 2.75) is 38.9 Å². The Morgan fingerprint density at radius 1 is 1.28 bits per heavy atom. The van der Waals surface area contributed by atoms with Gasteiger partial charge in [0.1, 0.15) is 0 Å². The SMILES string of the molecule is CNc1ccc(BOC(C)(C)C(C)(C)O)cc1N. The fraction of sp³-hybridized carbons (Fsp3) is 0.538. The number of aliphatic hydroxyl groups is 1. The second-order valence-electron chi connectivity index (χ2n) is 5.53. The van der Waals surface area contributed by atoms with E-state index in [1.165, 1.54) is 0 Å². The first-order valence-electron chi connectivity index (χ1n) is 6.10. The number of rotatable bonds is 5. The lowest BCUT2D eigenvalue weighted by Gasteiger charge is -2.37. The molecule has 0 aliphatic carbocycles. The van der Waals surface area contributed by atoms with Gasteiger partial charge in [-0.15, -0.1) is 0 Å². The Bertz CT molecular complexity index is 414. The van der Waals surface area contributed by atoms with Crippen molar-refractivity contribution in [1.82, 2.24) is 0 Å². The topological polar surface area (TPSA) is 67.5 Å². The third-order valence-corrected chi connectivity index (χ3v) is 3.46. The van der Waals surface area contributed by atoms with Gasteiger partial charge in [-0.2, -0.15) is 0 Å². The number of nitrogens with two attached hydrogens (primary N) is 1. The van der Waals surface area contributed by atoms with Crippen molar-refractivity contribution in [2.75, 3.05) is 18.1 Å². The molecule has 1 aromatic rings. The molecule has 1 aromatic carbocycles. The first kappa shape index (κ1) is 14.9. The quantitative estimate of drug-likeness (QED) is 0.535. The van der Waals surface area contributed by atoms with Crippen LogP contribution in [-0.4, -0.2) is 30.8 Å². The molecule has 0 spiro atoms. The Morgan fingerprint density at radius 2 is 1.89 bits per heavy atom. The second kappa shape index (κ2) is 5.20. The first-order valence-corrected chi connectivity index (χ1v) is 6.10. The Kier molecular flexibility index (Phi) is 4.30. The number of hydrogen-bond acceptors (Lipinski definition) is 4. The highest BCUT2D eigenvalue weighted by Crippen LogP contribution is 2.24. The monoisotopic (exact) mass is 250 g/mol. The fourth-order valence-electron chi connectivity index (χ4n) is 1.37. The van der Waals surface area contributed by atoms with Crippen molar-refractivity contribution in [1.29, 1.82) is 0 Å². The number of benzene rings is 1. The summed E-state index contributed by atoms with van der Waals surface area (Å²) in [7, 11) is 2.25. The van der Waals surface area contributed by atoms with Crippen LogP contribution in [0.1, 0.15) is 27.7 Å². The lowest BCUT2D eigenvalue weighted by molar-refractivity contribution is -0.0893. The summed E-state index contributed by atoms with van der Waals surface area (Å²) in [4.78, 5) is 0. The molecule has 0 aromatic heterocycles. The molecule has 4 nitrogen and oxygen atoms in total. The molecule has 0 aliphatic heterocycles. The second-order valence-corrected chi connectivity index (χ2v) is 5.53. The molecule has 0 unspecified atom stereocenters. The van der Waals surface area contributed by atoms with Crippen LogP contribution in [0, 0.1) is 0 Å². The predicted octanol–water partition coefficient (Wildman–Crippen LogP) is 0.853. The van der Waals surface area contributed by atoms with Gasteiger partial charge in [0, 0.05) is 7.05 Å². The van der Waals surface area contributed by atoms with Crippen molar-refractivity contribution in [2.24, 2.45) is 0 Å². The van der Waals surface area contributed by atoms with E-state index in [1.54, 1.807) is 13.8 Å². The van der Waals surface area contributed by atoms with E-state index in [0.717, 1.165) is 11.2 Å². The van der Waals surface area contributed by atoms with Crippen molar-refractivity contribution in [3.63, 3.8) is 0 Å². The minimum Gasteiger partial charge on any atom is -0.427 e. The van der Waals surface area contributed by atoms with Crippen LogP contribution in [0.3, 0.4) is 0 Å². The summed E-state index contributed by atoms with van der Waals surface area (Å²) < 4.78 is 5.78. The van der Waals surface area contributed by atoms with Gasteiger partial charge in [0.15, 0.2) is 0 Å². The molecule has 0 amide bonds. The van der Waals surface area contributed by atoms with Crippen LogP contribution in [0.25, 0.3) is 0 Å². The third kappa shape index (κ3) is 3.40. The minimum absolute atomic E-state index is 0.422. The molecule has 0 heterocycles. The van der Waals surface area contributed by atoms with Gasteiger partial charge in [-0.1, -0.05) is 11.5 Å². The molecule has 0 saturated carbocycles. The van der Waals surface area contributed by atoms with Gasteiger partial charge in [-0.25, -0.2) is 0 Å². The molecule has 1 rings (SSSR count). The minimum atomic E-state index is -0.899. The largest absolute Gasteiger partial charge is 0.427 e. The van der Waals surface area contributed by atoms with Gasteiger partial charge in [-0.05, 0) is 39.8 Å². The molecule has 100 valence electrons. The number of nitrogens with one attached hydrogen (secondary N) is 1. The summed E-state index contributed by atoms with van der Waals surface area (Å²) in [6.45, 7) is 7.23. The van der Waals surface area contributed by atoms with E-state index in [-0.39, 0.29) is 0 Å². The average molecular weight is 250 g/mol. The van der Waals surface area contributed by atoms with Crippen molar-refractivity contribution < 1.29 is 9.76 Å². The first-order chi connectivity index (χ1) is 8.17. The summed E-state index contributed by atoms with van der Waals surface area (Å²) in [5, 5.41) is 13.0. The van der Waals surface area contributed by atoms with Crippen LogP contribution in [0.4, 0.5) is 11.4 Å². The maximum Gasteiger partial charge on any atom is 0.309 e. The fourth-order valence-corrected chi connectivity index (χ4v) is 1.37. The maximum atomic E-state index is 10.0. The molecule has 0 aliphatic rings. The normalized spacial score (nSPS) is 12.3. The Balaban J connectivity index is 2.73. The lowest BCUT2D eigenvalue weighted by atomic mass is 9.82. The molecule has 0 atom stereocenters. The molecular formula is C13H23BN2O2. The van der Waals surface area contributed by atoms with Gasteiger partial charge in [0.25, 0.3) is 0 Å². The Hall–Kier alpha value is -1.20. The van der Waals surface area contributed by atoms with E-state index in [2.05, 4.69) is 5.32 Å². The summed E-state index contributed by atoms with van der Waals surface area (Å²) in [6, 6.07) is 5.76. The summed E-state index contributed by atoms with van der Waals surface area (Å²) in [5.74, 6) is 0. The number of anilines is 2. The molecular weight excluding hydrogens is 227 g/mol. The zero-order valence-corrected chi connectivity index (χ0v) is 11.9. The molecule has 5 heteroatoms. The predicted molar refractivity (Wildman–Crippen MR) is 78.6 cm³/mol. The van der Waals surface area contributed by atoms with E-state index in [4.69, 9.17) is 10.4 Å². The zero-order chi connectivity index (χ0) is 14.0. The number of nitrogen functional groups attached to an aromatic ring is 1. The molecule has 4 N–H and O–H groups in total. The van der Waals surface area contributed by atoms with E-state index < -0.39 is 11.2 Å². The summed E-state index contributed by atoms with van der Waals surface area (Å²) in [5.41, 5.74) is 6.96.